The first-order valence-electron chi connectivity index (χ1n) is 9.06. The monoisotopic (exact) mass is 375 g/mol. The lowest BCUT2D eigenvalue weighted by atomic mass is 9.99. The zero-order valence-corrected chi connectivity index (χ0v) is 16.3. The molecule has 0 saturated carbocycles. The SMILES string of the molecule is CCOc1ccccc1-n1nnnc1S[C@@H](C)C(=O)N1CCC(C)CC1. The van der Waals surface area contributed by atoms with Gasteiger partial charge >= 0.3 is 0 Å². The third kappa shape index (κ3) is 4.17. The van der Waals surface area contributed by atoms with Crippen LogP contribution in [-0.4, -0.2) is 56.0 Å². The number of likely N-dealkylation sites (tertiary alicyclic amines) is 1. The molecule has 1 saturated heterocycles. The summed E-state index contributed by atoms with van der Waals surface area (Å²) in [5.41, 5.74) is 0.772. The summed E-state index contributed by atoms with van der Waals surface area (Å²) in [6.45, 7) is 8.32. The van der Waals surface area contributed by atoms with Crippen LogP contribution >= 0.6 is 11.8 Å². The summed E-state index contributed by atoms with van der Waals surface area (Å²) >= 11 is 1.38. The van der Waals surface area contributed by atoms with Crippen LogP contribution < -0.4 is 4.74 Å². The molecule has 1 atom stereocenters. The van der Waals surface area contributed by atoms with Crippen molar-refractivity contribution >= 4 is 17.7 Å². The Hall–Kier alpha value is -2.09. The van der Waals surface area contributed by atoms with E-state index >= 15 is 0 Å². The number of tetrazole rings is 1. The van der Waals surface area contributed by atoms with Crippen LogP contribution in [0.2, 0.25) is 0 Å². The Bertz CT molecular complexity index is 743. The first-order chi connectivity index (χ1) is 12.6. The van der Waals surface area contributed by atoms with Crippen molar-refractivity contribution in [3.05, 3.63) is 24.3 Å². The second-order valence-corrected chi connectivity index (χ2v) is 7.85. The van der Waals surface area contributed by atoms with E-state index in [1.165, 1.54) is 11.8 Å². The van der Waals surface area contributed by atoms with Gasteiger partial charge in [-0.3, -0.25) is 4.79 Å². The van der Waals surface area contributed by atoms with Crippen LogP contribution in [0.4, 0.5) is 0 Å². The molecule has 1 aliphatic heterocycles. The van der Waals surface area contributed by atoms with Gasteiger partial charge in [-0.15, -0.1) is 5.10 Å². The van der Waals surface area contributed by atoms with Gasteiger partial charge < -0.3 is 9.64 Å². The number of hydrogen-bond donors (Lipinski definition) is 0. The molecule has 140 valence electrons. The van der Waals surface area contributed by atoms with Crippen LogP contribution in [0.15, 0.2) is 29.4 Å². The lowest BCUT2D eigenvalue weighted by Gasteiger charge is -2.31. The Morgan fingerprint density at radius 2 is 2.08 bits per heavy atom. The summed E-state index contributed by atoms with van der Waals surface area (Å²) in [5.74, 6) is 1.56. The number of rotatable bonds is 6. The van der Waals surface area contributed by atoms with Gasteiger partial charge in [0.25, 0.3) is 0 Å². The van der Waals surface area contributed by atoms with Gasteiger partial charge in [-0.25, -0.2) is 0 Å². The van der Waals surface area contributed by atoms with E-state index in [0.717, 1.165) is 31.6 Å². The van der Waals surface area contributed by atoms with Crippen molar-refractivity contribution in [1.29, 1.82) is 0 Å². The molecule has 2 heterocycles. The van der Waals surface area contributed by atoms with E-state index in [1.807, 2.05) is 43.0 Å². The van der Waals surface area contributed by atoms with Crippen molar-refractivity contribution in [3.63, 3.8) is 0 Å². The molecule has 8 heteroatoms. The number of piperidine rings is 1. The van der Waals surface area contributed by atoms with Crippen molar-refractivity contribution in [3.8, 4) is 11.4 Å². The molecule has 26 heavy (non-hydrogen) atoms. The van der Waals surface area contributed by atoms with Crippen molar-refractivity contribution in [2.75, 3.05) is 19.7 Å². The normalized spacial score (nSPS) is 16.5. The summed E-state index contributed by atoms with van der Waals surface area (Å²) < 4.78 is 7.31. The number of thioether (sulfide) groups is 1. The molecule has 0 radical (unpaired) electrons. The van der Waals surface area contributed by atoms with Gasteiger partial charge in [-0.2, -0.15) is 4.68 Å². The van der Waals surface area contributed by atoms with Crippen molar-refractivity contribution in [1.82, 2.24) is 25.1 Å². The molecule has 1 fully saturated rings. The van der Waals surface area contributed by atoms with Gasteiger partial charge in [0.1, 0.15) is 11.4 Å². The van der Waals surface area contributed by atoms with Gasteiger partial charge in [0.2, 0.25) is 11.1 Å². The van der Waals surface area contributed by atoms with E-state index in [1.54, 1.807) is 4.68 Å². The highest BCUT2D eigenvalue weighted by atomic mass is 32.2. The van der Waals surface area contributed by atoms with Crippen LogP contribution in [0, 0.1) is 5.92 Å². The van der Waals surface area contributed by atoms with E-state index in [0.29, 0.717) is 23.4 Å². The molecule has 0 spiro atoms. The average molecular weight is 375 g/mol. The number of benzene rings is 1. The molecule has 7 nitrogen and oxygen atoms in total. The quantitative estimate of drug-likeness (QED) is 0.723. The Morgan fingerprint density at radius 3 is 2.81 bits per heavy atom. The highest BCUT2D eigenvalue weighted by molar-refractivity contribution is 8.00. The first-order valence-corrected chi connectivity index (χ1v) is 9.94. The molecule has 0 aliphatic carbocycles. The fraction of sp³-hybridized carbons (Fsp3) is 0.556. The van der Waals surface area contributed by atoms with Crippen LogP contribution in [0.5, 0.6) is 5.75 Å². The first kappa shape index (κ1) is 18.7. The van der Waals surface area contributed by atoms with Gasteiger partial charge in [-0.1, -0.05) is 30.8 Å². The van der Waals surface area contributed by atoms with E-state index < -0.39 is 0 Å². The summed E-state index contributed by atoms with van der Waals surface area (Å²) in [7, 11) is 0. The second-order valence-electron chi connectivity index (χ2n) is 6.54. The molecular formula is C18H25N5O2S. The van der Waals surface area contributed by atoms with E-state index in [2.05, 4.69) is 22.4 Å². The maximum absolute atomic E-state index is 12.8. The minimum atomic E-state index is -0.243. The maximum atomic E-state index is 12.8. The van der Waals surface area contributed by atoms with Gasteiger partial charge in [-0.05, 0) is 55.2 Å². The zero-order chi connectivity index (χ0) is 18.5. The number of amides is 1. The summed E-state index contributed by atoms with van der Waals surface area (Å²) in [5, 5.41) is 12.3. The Kier molecular flexibility index (Phi) is 6.13. The highest BCUT2D eigenvalue weighted by Crippen LogP contribution is 2.29. The topological polar surface area (TPSA) is 73.1 Å². The Labute approximate surface area is 158 Å². The number of carbonyl (C=O) groups excluding carboxylic acids is 1. The molecular weight excluding hydrogens is 350 g/mol. The number of nitrogens with zero attached hydrogens (tertiary/aromatic N) is 5. The average Bonchev–Trinajstić information content (AvgIpc) is 3.10. The minimum absolute atomic E-state index is 0.148. The molecule has 2 aromatic rings. The number of hydrogen-bond acceptors (Lipinski definition) is 6. The number of aromatic nitrogens is 4. The van der Waals surface area contributed by atoms with Crippen LogP contribution in [-0.2, 0) is 4.79 Å². The number of carbonyl (C=O) groups is 1. The minimum Gasteiger partial charge on any atom is -0.492 e. The van der Waals surface area contributed by atoms with Gasteiger partial charge in [0.05, 0.1) is 11.9 Å². The molecule has 3 rings (SSSR count). The van der Waals surface area contributed by atoms with Crippen LogP contribution in [0.25, 0.3) is 5.69 Å². The number of para-hydroxylation sites is 2. The van der Waals surface area contributed by atoms with Crippen LogP contribution in [0.3, 0.4) is 0 Å². The molecule has 0 bridgehead atoms. The van der Waals surface area contributed by atoms with Crippen molar-refractivity contribution in [2.45, 2.75) is 44.0 Å². The van der Waals surface area contributed by atoms with E-state index in [4.69, 9.17) is 4.74 Å². The lowest BCUT2D eigenvalue weighted by molar-refractivity contribution is -0.131. The molecule has 1 amide bonds. The maximum Gasteiger partial charge on any atom is 0.235 e. The standard InChI is InChI=1S/C18H25N5O2S/c1-4-25-16-8-6-5-7-15(16)23-18(19-20-21-23)26-14(3)17(24)22-11-9-13(2)10-12-22/h5-8,13-14H,4,9-12H2,1-3H3/t14-/m0/s1. The summed E-state index contributed by atoms with van der Waals surface area (Å²) in [4.78, 5) is 14.7. The van der Waals surface area contributed by atoms with Crippen LogP contribution in [0.1, 0.15) is 33.6 Å². The third-order valence-corrected chi connectivity index (χ3v) is 5.58. The zero-order valence-electron chi connectivity index (χ0n) is 15.5. The summed E-state index contributed by atoms with van der Waals surface area (Å²) in [6.07, 6.45) is 2.14. The van der Waals surface area contributed by atoms with Crippen molar-refractivity contribution < 1.29 is 9.53 Å². The predicted octanol–water partition coefficient (Wildman–Crippen LogP) is 2.80. The third-order valence-electron chi connectivity index (χ3n) is 4.56. The smallest absolute Gasteiger partial charge is 0.235 e. The molecule has 1 aliphatic rings. The highest BCUT2D eigenvalue weighted by Gasteiger charge is 2.27. The molecule has 1 aromatic carbocycles. The van der Waals surface area contributed by atoms with Gasteiger partial charge in [0, 0.05) is 13.1 Å². The fourth-order valence-corrected chi connectivity index (χ4v) is 3.89. The van der Waals surface area contributed by atoms with Crippen molar-refractivity contribution in [2.24, 2.45) is 5.92 Å². The predicted molar refractivity (Wildman–Crippen MR) is 101 cm³/mol. The fourth-order valence-electron chi connectivity index (χ4n) is 3.01. The largest absolute Gasteiger partial charge is 0.492 e. The molecule has 0 N–H and O–H groups in total. The van der Waals surface area contributed by atoms with E-state index in [9.17, 15) is 4.79 Å². The summed E-state index contributed by atoms with van der Waals surface area (Å²) in [6, 6.07) is 7.62. The Morgan fingerprint density at radius 1 is 1.35 bits per heavy atom. The molecule has 0 unspecified atom stereocenters. The second kappa shape index (κ2) is 8.53. The molecule has 1 aromatic heterocycles. The van der Waals surface area contributed by atoms with Gasteiger partial charge in [0.15, 0.2) is 0 Å². The van der Waals surface area contributed by atoms with E-state index in [-0.39, 0.29) is 11.2 Å². The number of ether oxygens (including phenoxy) is 1. The Balaban J connectivity index is 1.74. The lowest BCUT2D eigenvalue weighted by Crippen LogP contribution is -2.41.